The summed E-state index contributed by atoms with van der Waals surface area (Å²) >= 11 is 0. The molecule has 166 valence electrons. The fourth-order valence-corrected chi connectivity index (χ4v) is 3.47. The van der Waals surface area contributed by atoms with Crippen molar-refractivity contribution < 1.29 is 19.1 Å². The van der Waals surface area contributed by atoms with Crippen molar-refractivity contribution in [1.82, 2.24) is 10.2 Å². The average molecular weight is 427 g/mol. The van der Waals surface area contributed by atoms with Crippen LogP contribution in [0, 0.1) is 0 Å². The largest absolute Gasteiger partial charge is 0.497 e. The van der Waals surface area contributed by atoms with Gasteiger partial charge in [0.2, 0.25) is 0 Å². The quantitative estimate of drug-likeness (QED) is 0.658. The number of benzene rings is 2. The third-order valence-electron chi connectivity index (χ3n) is 5.29. The van der Waals surface area contributed by atoms with Crippen LogP contribution in [-0.4, -0.2) is 70.8 Å². The summed E-state index contributed by atoms with van der Waals surface area (Å²) < 4.78 is 10.6. The van der Waals surface area contributed by atoms with Crippen LogP contribution < -0.4 is 20.3 Å². The van der Waals surface area contributed by atoms with Gasteiger partial charge in [-0.25, -0.2) is 0 Å². The number of ether oxygens (including phenoxy) is 2. The summed E-state index contributed by atoms with van der Waals surface area (Å²) in [6.45, 7) is 3.18. The van der Waals surface area contributed by atoms with Gasteiger partial charge in [0.05, 0.1) is 26.4 Å². The zero-order chi connectivity index (χ0) is 22.2. The van der Waals surface area contributed by atoms with Crippen LogP contribution >= 0.6 is 0 Å². The molecule has 1 aliphatic heterocycles. The molecule has 1 fully saturated rings. The maximum atomic E-state index is 12.4. The van der Waals surface area contributed by atoms with Crippen LogP contribution in [0.3, 0.4) is 0 Å². The van der Waals surface area contributed by atoms with Gasteiger partial charge in [0.25, 0.3) is 0 Å². The summed E-state index contributed by atoms with van der Waals surface area (Å²) in [5, 5.41) is 5.40. The first-order chi connectivity index (χ1) is 15.0. The van der Waals surface area contributed by atoms with Gasteiger partial charge >= 0.3 is 11.8 Å². The van der Waals surface area contributed by atoms with Gasteiger partial charge in [-0.3, -0.25) is 14.5 Å². The van der Waals surface area contributed by atoms with E-state index in [-0.39, 0.29) is 6.04 Å². The van der Waals surface area contributed by atoms with E-state index >= 15 is 0 Å². The Morgan fingerprint density at radius 2 is 1.68 bits per heavy atom. The first kappa shape index (κ1) is 22.6. The minimum absolute atomic E-state index is 0.0437. The molecular weight excluding hydrogens is 396 g/mol. The third-order valence-corrected chi connectivity index (χ3v) is 5.29. The molecule has 8 nitrogen and oxygen atoms in total. The van der Waals surface area contributed by atoms with Gasteiger partial charge in [-0.15, -0.1) is 0 Å². The average Bonchev–Trinajstić information content (AvgIpc) is 2.80. The Hall–Kier alpha value is -3.10. The molecule has 2 aromatic rings. The number of anilines is 2. The standard InChI is InChI=1S/C23H30N4O4/c1-26(2)19-8-4-17(5-9-19)21(27-12-14-31-15-13-27)16-24-22(28)23(29)25-18-6-10-20(30-3)11-7-18/h4-11,21H,12-16H2,1-3H3,(H,24,28)(H,25,29)/t21-/m1/s1. The zero-order valence-electron chi connectivity index (χ0n) is 18.3. The van der Waals surface area contributed by atoms with Crippen molar-refractivity contribution in [2.24, 2.45) is 0 Å². The van der Waals surface area contributed by atoms with E-state index in [0.717, 1.165) is 24.3 Å². The minimum atomic E-state index is -0.700. The van der Waals surface area contributed by atoms with E-state index in [1.165, 1.54) is 0 Å². The molecule has 2 N–H and O–H groups in total. The summed E-state index contributed by atoms with van der Waals surface area (Å²) in [5.74, 6) is -0.691. The molecule has 8 heteroatoms. The Labute approximate surface area is 183 Å². The predicted molar refractivity (Wildman–Crippen MR) is 121 cm³/mol. The lowest BCUT2D eigenvalue weighted by Crippen LogP contribution is -2.45. The molecule has 3 rings (SSSR count). The van der Waals surface area contributed by atoms with Gasteiger partial charge in [0.15, 0.2) is 0 Å². The molecule has 2 amide bonds. The lowest BCUT2D eigenvalue weighted by atomic mass is 10.0. The minimum Gasteiger partial charge on any atom is -0.497 e. The lowest BCUT2D eigenvalue weighted by Gasteiger charge is -2.35. The molecule has 0 unspecified atom stereocenters. The van der Waals surface area contributed by atoms with E-state index in [4.69, 9.17) is 9.47 Å². The molecule has 0 radical (unpaired) electrons. The van der Waals surface area contributed by atoms with Crippen LogP contribution in [-0.2, 0) is 14.3 Å². The van der Waals surface area contributed by atoms with Crippen LogP contribution in [0.1, 0.15) is 11.6 Å². The Kier molecular flexibility index (Phi) is 7.86. The Morgan fingerprint density at radius 3 is 2.26 bits per heavy atom. The van der Waals surface area contributed by atoms with Gasteiger partial charge < -0.3 is 25.0 Å². The summed E-state index contributed by atoms with van der Waals surface area (Å²) in [6, 6.07) is 15.0. The van der Waals surface area contributed by atoms with Gasteiger partial charge in [-0.1, -0.05) is 12.1 Å². The van der Waals surface area contributed by atoms with Crippen molar-refractivity contribution in [3.05, 3.63) is 54.1 Å². The normalized spacial score (nSPS) is 15.1. The second-order valence-electron chi connectivity index (χ2n) is 7.54. The van der Waals surface area contributed by atoms with Crippen molar-refractivity contribution in [2.75, 3.05) is 64.3 Å². The number of rotatable bonds is 7. The van der Waals surface area contributed by atoms with Gasteiger partial charge in [0.1, 0.15) is 5.75 Å². The molecule has 2 aromatic carbocycles. The SMILES string of the molecule is COc1ccc(NC(=O)C(=O)NC[C@H](c2ccc(N(C)C)cc2)N2CCOCC2)cc1. The Balaban J connectivity index is 1.64. The molecule has 0 spiro atoms. The van der Waals surface area contributed by atoms with Crippen molar-refractivity contribution >= 4 is 23.2 Å². The molecule has 0 aliphatic carbocycles. The van der Waals surface area contributed by atoms with Crippen LogP contribution in [0.4, 0.5) is 11.4 Å². The van der Waals surface area contributed by atoms with Gasteiger partial charge in [-0.05, 0) is 42.0 Å². The number of hydrogen-bond acceptors (Lipinski definition) is 6. The number of carbonyl (C=O) groups excluding carboxylic acids is 2. The van der Waals surface area contributed by atoms with Crippen LogP contribution in [0.25, 0.3) is 0 Å². The van der Waals surface area contributed by atoms with E-state index in [1.807, 2.05) is 19.0 Å². The van der Waals surface area contributed by atoms with Crippen LogP contribution in [0.5, 0.6) is 5.75 Å². The molecule has 0 aromatic heterocycles. The highest BCUT2D eigenvalue weighted by Crippen LogP contribution is 2.24. The molecule has 1 aliphatic rings. The van der Waals surface area contributed by atoms with E-state index in [9.17, 15) is 9.59 Å². The monoisotopic (exact) mass is 426 g/mol. The molecule has 0 bridgehead atoms. The number of nitrogens with zero attached hydrogens (tertiary/aromatic N) is 2. The fraction of sp³-hybridized carbons (Fsp3) is 0.391. The highest BCUT2D eigenvalue weighted by atomic mass is 16.5. The van der Waals surface area contributed by atoms with Crippen molar-refractivity contribution in [1.29, 1.82) is 0 Å². The molecule has 1 saturated heterocycles. The molecule has 1 atom stereocenters. The first-order valence-electron chi connectivity index (χ1n) is 10.3. The number of amides is 2. The van der Waals surface area contributed by atoms with Gasteiger partial charge in [-0.2, -0.15) is 0 Å². The van der Waals surface area contributed by atoms with Crippen molar-refractivity contribution in [3.63, 3.8) is 0 Å². The molecule has 1 heterocycles. The van der Waals surface area contributed by atoms with E-state index in [0.29, 0.717) is 31.2 Å². The highest BCUT2D eigenvalue weighted by molar-refractivity contribution is 6.39. The number of carbonyl (C=O) groups is 2. The maximum Gasteiger partial charge on any atom is 0.313 e. The highest BCUT2D eigenvalue weighted by Gasteiger charge is 2.24. The number of hydrogen-bond donors (Lipinski definition) is 2. The number of methoxy groups -OCH3 is 1. The van der Waals surface area contributed by atoms with Crippen molar-refractivity contribution in [3.8, 4) is 5.75 Å². The Morgan fingerprint density at radius 1 is 1.03 bits per heavy atom. The zero-order valence-corrected chi connectivity index (χ0v) is 18.3. The Bertz CT molecular complexity index is 862. The molecule has 0 saturated carbocycles. The molecular formula is C23H30N4O4. The summed E-state index contributed by atoms with van der Waals surface area (Å²) in [5.41, 5.74) is 2.72. The smallest absolute Gasteiger partial charge is 0.313 e. The third kappa shape index (κ3) is 6.19. The van der Waals surface area contributed by atoms with Gasteiger partial charge in [0, 0.05) is 45.1 Å². The predicted octanol–water partition coefficient (Wildman–Crippen LogP) is 1.89. The second-order valence-corrected chi connectivity index (χ2v) is 7.54. The lowest BCUT2D eigenvalue weighted by molar-refractivity contribution is -0.136. The van der Waals surface area contributed by atoms with E-state index in [2.05, 4.69) is 39.8 Å². The van der Waals surface area contributed by atoms with Crippen LogP contribution in [0.15, 0.2) is 48.5 Å². The maximum absolute atomic E-state index is 12.4. The second kappa shape index (κ2) is 10.8. The molecule has 31 heavy (non-hydrogen) atoms. The number of morpholine rings is 1. The fourth-order valence-electron chi connectivity index (χ4n) is 3.47. The summed E-state index contributed by atoms with van der Waals surface area (Å²) in [7, 11) is 5.56. The summed E-state index contributed by atoms with van der Waals surface area (Å²) in [4.78, 5) is 29.1. The summed E-state index contributed by atoms with van der Waals surface area (Å²) in [6.07, 6.45) is 0. The van der Waals surface area contributed by atoms with Crippen molar-refractivity contribution in [2.45, 2.75) is 6.04 Å². The topological polar surface area (TPSA) is 83.1 Å². The number of nitrogens with one attached hydrogen (secondary N) is 2. The van der Waals surface area contributed by atoms with E-state index < -0.39 is 11.8 Å². The van der Waals surface area contributed by atoms with E-state index in [1.54, 1.807) is 31.4 Å². The first-order valence-corrected chi connectivity index (χ1v) is 10.3. The van der Waals surface area contributed by atoms with Crippen LogP contribution in [0.2, 0.25) is 0 Å².